The van der Waals surface area contributed by atoms with Crippen LogP contribution in [0.1, 0.15) is 39.2 Å². The van der Waals surface area contributed by atoms with Crippen molar-refractivity contribution in [3.05, 3.63) is 46.0 Å². The van der Waals surface area contributed by atoms with Crippen LogP contribution in [0.2, 0.25) is 0 Å². The largest absolute Gasteiger partial charge is 0.497 e. The predicted molar refractivity (Wildman–Crippen MR) is 120 cm³/mol. The minimum Gasteiger partial charge on any atom is -0.497 e. The van der Waals surface area contributed by atoms with E-state index in [4.69, 9.17) is 13.9 Å². The molecule has 0 bridgehead atoms. The van der Waals surface area contributed by atoms with Crippen molar-refractivity contribution in [1.29, 1.82) is 0 Å². The first kappa shape index (κ1) is 21.4. The predicted octanol–water partition coefficient (Wildman–Crippen LogP) is 3.94. The third-order valence-electron chi connectivity index (χ3n) is 5.45. The Kier molecular flexibility index (Phi) is 6.58. The highest BCUT2D eigenvalue weighted by Gasteiger charge is 2.26. The fraction of sp³-hybridized carbons (Fsp3) is 0.391. The summed E-state index contributed by atoms with van der Waals surface area (Å²) in [6.45, 7) is 0.868. The molecule has 2 aromatic heterocycles. The third kappa shape index (κ3) is 4.60. The Morgan fingerprint density at radius 2 is 2.03 bits per heavy atom. The van der Waals surface area contributed by atoms with Crippen molar-refractivity contribution in [3.63, 3.8) is 0 Å². The standard InChI is InChI=1S/C23H26N2O5S/c1-28-10-9-24-22(27)21-16-5-3-4-6-19(16)31-23(21)25-20(26)11-14-13-30-18-8-7-15(29-2)12-17(14)18/h7-8,12-13H,3-6,9-11H2,1-2H3,(H,24,27)(H,25,26). The number of hydrogen-bond donors (Lipinski definition) is 2. The number of fused-ring (bicyclic) bond motifs is 2. The Hall–Kier alpha value is -2.84. The lowest BCUT2D eigenvalue weighted by molar-refractivity contribution is -0.115. The average molecular weight is 443 g/mol. The minimum absolute atomic E-state index is 0.146. The van der Waals surface area contributed by atoms with E-state index in [1.54, 1.807) is 20.5 Å². The van der Waals surface area contributed by atoms with Crippen molar-refractivity contribution in [3.8, 4) is 5.75 Å². The van der Waals surface area contributed by atoms with Crippen molar-refractivity contribution in [1.82, 2.24) is 5.32 Å². The van der Waals surface area contributed by atoms with Gasteiger partial charge in [-0.1, -0.05) is 0 Å². The van der Waals surface area contributed by atoms with E-state index in [1.165, 1.54) is 16.2 Å². The summed E-state index contributed by atoms with van der Waals surface area (Å²) in [5.74, 6) is 0.358. The van der Waals surface area contributed by atoms with E-state index < -0.39 is 0 Å². The molecule has 0 unspecified atom stereocenters. The molecule has 1 aromatic carbocycles. The van der Waals surface area contributed by atoms with Crippen LogP contribution in [0.5, 0.6) is 5.75 Å². The van der Waals surface area contributed by atoms with Crippen LogP contribution in [0.3, 0.4) is 0 Å². The second kappa shape index (κ2) is 9.53. The van der Waals surface area contributed by atoms with Gasteiger partial charge in [-0.15, -0.1) is 11.3 Å². The molecule has 7 nitrogen and oxygen atoms in total. The fourth-order valence-corrected chi connectivity index (χ4v) is 5.22. The second-order valence-corrected chi connectivity index (χ2v) is 8.62. The van der Waals surface area contributed by atoms with Crippen molar-refractivity contribution in [2.45, 2.75) is 32.1 Å². The van der Waals surface area contributed by atoms with Crippen LogP contribution in [0.15, 0.2) is 28.9 Å². The van der Waals surface area contributed by atoms with Crippen LogP contribution in [-0.2, 0) is 28.8 Å². The first-order valence-corrected chi connectivity index (χ1v) is 11.2. The molecular weight excluding hydrogens is 416 g/mol. The molecule has 2 amide bonds. The summed E-state index contributed by atoms with van der Waals surface area (Å²) in [5, 5.41) is 7.35. The van der Waals surface area contributed by atoms with Gasteiger partial charge in [0.05, 0.1) is 32.0 Å². The summed E-state index contributed by atoms with van der Waals surface area (Å²) in [5.41, 5.74) is 3.15. The maximum Gasteiger partial charge on any atom is 0.254 e. The molecule has 0 fully saturated rings. The molecule has 2 N–H and O–H groups in total. The first-order chi connectivity index (χ1) is 15.1. The van der Waals surface area contributed by atoms with Gasteiger partial charge in [-0.25, -0.2) is 0 Å². The molecule has 0 aliphatic heterocycles. The van der Waals surface area contributed by atoms with E-state index in [0.717, 1.165) is 42.2 Å². The Balaban J connectivity index is 1.55. The fourth-order valence-electron chi connectivity index (χ4n) is 3.92. The number of anilines is 1. The van der Waals surface area contributed by atoms with Gasteiger partial charge in [-0.2, -0.15) is 0 Å². The van der Waals surface area contributed by atoms with Gasteiger partial charge in [0.25, 0.3) is 5.91 Å². The van der Waals surface area contributed by atoms with Gasteiger partial charge in [0.2, 0.25) is 5.91 Å². The number of carbonyl (C=O) groups excluding carboxylic acids is 2. The molecule has 1 aliphatic carbocycles. The van der Waals surface area contributed by atoms with Crippen LogP contribution >= 0.6 is 11.3 Å². The SMILES string of the molecule is COCCNC(=O)c1c(NC(=O)Cc2coc3ccc(OC)cc23)sc2c1CCCC2. The molecule has 0 spiro atoms. The lowest BCUT2D eigenvalue weighted by Gasteiger charge is -2.13. The molecule has 0 saturated carbocycles. The number of hydrogen-bond acceptors (Lipinski definition) is 6. The molecule has 31 heavy (non-hydrogen) atoms. The van der Waals surface area contributed by atoms with E-state index in [2.05, 4.69) is 10.6 Å². The molecule has 0 atom stereocenters. The zero-order valence-corrected chi connectivity index (χ0v) is 18.5. The van der Waals surface area contributed by atoms with Gasteiger partial charge in [0.15, 0.2) is 0 Å². The number of nitrogens with one attached hydrogen (secondary N) is 2. The molecule has 4 rings (SSSR count). The third-order valence-corrected chi connectivity index (χ3v) is 6.66. The van der Waals surface area contributed by atoms with E-state index in [-0.39, 0.29) is 18.2 Å². The minimum atomic E-state index is -0.185. The Labute approximate surface area is 184 Å². The number of rotatable bonds is 8. The number of methoxy groups -OCH3 is 2. The molecule has 164 valence electrons. The monoisotopic (exact) mass is 442 g/mol. The highest BCUT2D eigenvalue weighted by molar-refractivity contribution is 7.17. The lowest BCUT2D eigenvalue weighted by Crippen LogP contribution is -2.28. The second-order valence-electron chi connectivity index (χ2n) is 7.51. The summed E-state index contributed by atoms with van der Waals surface area (Å²) in [7, 11) is 3.20. The lowest BCUT2D eigenvalue weighted by atomic mass is 9.95. The number of benzene rings is 1. The zero-order valence-electron chi connectivity index (χ0n) is 17.7. The smallest absolute Gasteiger partial charge is 0.254 e. The van der Waals surface area contributed by atoms with Crippen molar-refractivity contribution in [2.75, 3.05) is 32.7 Å². The first-order valence-electron chi connectivity index (χ1n) is 10.4. The molecular formula is C23H26N2O5S. The number of amides is 2. The van der Waals surface area contributed by atoms with Crippen molar-refractivity contribution >= 4 is 39.1 Å². The van der Waals surface area contributed by atoms with Gasteiger partial charge in [0, 0.05) is 29.5 Å². The van der Waals surface area contributed by atoms with Crippen LogP contribution in [0.4, 0.5) is 5.00 Å². The molecule has 3 aromatic rings. The summed E-state index contributed by atoms with van der Waals surface area (Å²) in [4.78, 5) is 27.0. The van der Waals surface area contributed by atoms with Crippen molar-refractivity contribution in [2.24, 2.45) is 0 Å². The number of aryl methyl sites for hydroxylation is 1. The van der Waals surface area contributed by atoms with E-state index >= 15 is 0 Å². The van der Waals surface area contributed by atoms with Crippen LogP contribution in [-0.4, -0.2) is 39.2 Å². The summed E-state index contributed by atoms with van der Waals surface area (Å²) in [6.07, 6.45) is 5.71. The van der Waals surface area contributed by atoms with Gasteiger partial charge in [0.1, 0.15) is 16.3 Å². The summed E-state index contributed by atoms with van der Waals surface area (Å²) in [6, 6.07) is 5.51. The van der Waals surface area contributed by atoms with E-state index in [1.807, 2.05) is 18.2 Å². The van der Waals surface area contributed by atoms with Gasteiger partial charge >= 0.3 is 0 Å². The zero-order chi connectivity index (χ0) is 21.8. The maximum atomic E-state index is 12.9. The molecule has 0 radical (unpaired) electrons. The summed E-state index contributed by atoms with van der Waals surface area (Å²) < 4.78 is 15.9. The quantitative estimate of drug-likeness (QED) is 0.516. The maximum absolute atomic E-state index is 12.9. The molecule has 8 heteroatoms. The van der Waals surface area contributed by atoms with Crippen LogP contribution in [0, 0.1) is 0 Å². The Morgan fingerprint density at radius 3 is 2.84 bits per heavy atom. The van der Waals surface area contributed by atoms with E-state index in [0.29, 0.717) is 35.0 Å². The van der Waals surface area contributed by atoms with Crippen LogP contribution in [0.25, 0.3) is 11.0 Å². The van der Waals surface area contributed by atoms with Gasteiger partial charge in [-0.05, 0) is 49.4 Å². The topological polar surface area (TPSA) is 89.8 Å². The number of ether oxygens (including phenoxy) is 2. The van der Waals surface area contributed by atoms with E-state index in [9.17, 15) is 9.59 Å². The Bertz CT molecular complexity index is 1100. The molecule has 1 aliphatic rings. The van der Waals surface area contributed by atoms with Crippen LogP contribution < -0.4 is 15.4 Å². The van der Waals surface area contributed by atoms with Crippen molar-refractivity contribution < 1.29 is 23.5 Å². The average Bonchev–Trinajstić information content (AvgIpc) is 3.34. The highest BCUT2D eigenvalue weighted by atomic mass is 32.1. The van der Waals surface area contributed by atoms with Gasteiger partial charge < -0.3 is 24.5 Å². The normalized spacial score (nSPS) is 13.1. The number of thiophene rings is 1. The molecule has 0 saturated heterocycles. The number of furan rings is 1. The number of carbonyl (C=O) groups is 2. The summed E-state index contributed by atoms with van der Waals surface area (Å²) >= 11 is 1.51. The molecule has 2 heterocycles. The Morgan fingerprint density at radius 1 is 1.19 bits per heavy atom. The highest BCUT2D eigenvalue weighted by Crippen LogP contribution is 2.38. The van der Waals surface area contributed by atoms with Gasteiger partial charge in [-0.3, -0.25) is 9.59 Å².